The number of nitriles is 1. The minimum atomic E-state index is -0.0766. The van der Waals surface area contributed by atoms with Gasteiger partial charge in [0.15, 0.2) is 5.82 Å². The van der Waals surface area contributed by atoms with Crippen molar-refractivity contribution in [1.82, 2.24) is 25.0 Å². The summed E-state index contributed by atoms with van der Waals surface area (Å²) in [7, 11) is 0. The first kappa shape index (κ1) is 19.2. The number of aryl methyl sites for hydroxylation is 2. The van der Waals surface area contributed by atoms with Crippen LogP contribution in [0.4, 0.5) is 0 Å². The van der Waals surface area contributed by atoms with E-state index in [0.29, 0.717) is 16.9 Å². The highest BCUT2D eigenvalue weighted by molar-refractivity contribution is 7.99. The number of hydrogen-bond donors (Lipinski definition) is 1. The monoisotopic (exact) mass is 408 g/mol. The average Bonchev–Trinajstić information content (AvgIpc) is 3.28. The summed E-state index contributed by atoms with van der Waals surface area (Å²) < 4.78 is 7.62. The molecule has 0 bridgehead atoms. The van der Waals surface area contributed by atoms with Gasteiger partial charge in [0.2, 0.25) is 5.89 Å². The highest BCUT2D eigenvalue weighted by atomic mass is 32.2. The lowest BCUT2D eigenvalue weighted by Crippen LogP contribution is -2.07. The summed E-state index contributed by atoms with van der Waals surface area (Å²) in [4.78, 5) is 0. The third-order valence-electron chi connectivity index (χ3n) is 4.74. The van der Waals surface area contributed by atoms with Gasteiger partial charge in [0.05, 0.1) is 5.75 Å². The van der Waals surface area contributed by atoms with Crippen LogP contribution in [-0.4, -0.2) is 35.8 Å². The van der Waals surface area contributed by atoms with Crippen molar-refractivity contribution in [2.75, 3.05) is 5.75 Å². The lowest BCUT2D eigenvalue weighted by Gasteiger charge is -2.07. The maximum absolute atomic E-state index is 10.5. The second-order valence-corrected chi connectivity index (χ2v) is 7.79. The standard InChI is InChI=1S/C20H20N6O2S/c1-13-6-5-7-14(10-13)19-24-25-20(28-19)29-12-16(27)15(11-21)18-23-22-17-8-3-2-4-9-26(17)18/h5-7,10,27H,2-4,8-9,12H2,1H3/b16-15-. The van der Waals surface area contributed by atoms with Crippen LogP contribution in [0.5, 0.6) is 0 Å². The predicted molar refractivity (Wildman–Crippen MR) is 108 cm³/mol. The molecule has 9 heteroatoms. The summed E-state index contributed by atoms with van der Waals surface area (Å²) >= 11 is 1.17. The van der Waals surface area contributed by atoms with Gasteiger partial charge >= 0.3 is 0 Å². The molecule has 0 unspecified atom stereocenters. The smallest absolute Gasteiger partial charge is 0.277 e. The molecule has 0 spiro atoms. The molecule has 8 nitrogen and oxygen atoms in total. The molecular formula is C20H20N6O2S. The summed E-state index contributed by atoms with van der Waals surface area (Å²) in [6, 6.07) is 9.86. The number of allylic oxidation sites excluding steroid dienone is 1. The molecule has 29 heavy (non-hydrogen) atoms. The fourth-order valence-corrected chi connectivity index (χ4v) is 3.92. The van der Waals surface area contributed by atoms with Crippen LogP contribution in [-0.2, 0) is 13.0 Å². The largest absolute Gasteiger partial charge is 0.510 e. The third kappa shape index (κ3) is 4.17. The van der Waals surface area contributed by atoms with E-state index >= 15 is 0 Å². The van der Waals surface area contributed by atoms with Gasteiger partial charge in [-0.2, -0.15) is 5.26 Å². The van der Waals surface area contributed by atoms with Crippen LogP contribution in [0.25, 0.3) is 17.0 Å². The zero-order chi connectivity index (χ0) is 20.2. The summed E-state index contributed by atoms with van der Waals surface area (Å²) in [5.41, 5.74) is 2.08. The first-order chi connectivity index (χ1) is 14.2. The molecule has 0 atom stereocenters. The molecule has 1 N–H and O–H groups in total. The van der Waals surface area contributed by atoms with Crippen molar-refractivity contribution in [3.8, 4) is 17.5 Å². The number of fused-ring (bicyclic) bond motifs is 1. The maximum atomic E-state index is 10.5. The normalized spacial score (nSPS) is 14.6. The van der Waals surface area contributed by atoms with E-state index in [1.54, 1.807) is 0 Å². The Balaban J connectivity index is 1.51. The van der Waals surface area contributed by atoms with E-state index < -0.39 is 0 Å². The molecule has 1 aliphatic heterocycles. The summed E-state index contributed by atoms with van der Waals surface area (Å²) in [6.45, 7) is 2.75. The number of aromatic nitrogens is 5. The Hall–Kier alpha value is -3.12. The lowest BCUT2D eigenvalue weighted by molar-refractivity contribution is 0.418. The first-order valence-electron chi connectivity index (χ1n) is 9.43. The molecule has 148 valence electrons. The number of thioether (sulfide) groups is 1. The van der Waals surface area contributed by atoms with Crippen molar-refractivity contribution in [2.24, 2.45) is 0 Å². The Morgan fingerprint density at radius 2 is 2.14 bits per heavy atom. The van der Waals surface area contributed by atoms with Gasteiger partial charge < -0.3 is 14.1 Å². The van der Waals surface area contributed by atoms with E-state index in [4.69, 9.17) is 4.42 Å². The van der Waals surface area contributed by atoms with Crippen molar-refractivity contribution < 1.29 is 9.52 Å². The van der Waals surface area contributed by atoms with Gasteiger partial charge in [-0.3, -0.25) is 0 Å². The van der Waals surface area contributed by atoms with Crippen molar-refractivity contribution in [3.63, 3.8) is 0 Å². The van der Waals surface area contributed by atoms with Gasteiger partial charge in [-0.15, -0.1) is 20.4 Å². The lowest BCUT2D eigenvalue weighted by atomic mass is 10.1. The van der Waals surface area contributed by atoms with Gasteiger partial charge in [-0.25, -0.2) is 0 Å². The van der Waals surface area contributed by atoms with Gasteiger partial charge in [-0.1, -0.05) is 35.9 Å². The van der Waals surface area contributed by atoms with E-state index in [0.717, 1.165) is 49.2 Å². The second kappa shape index (κ2) is 8.49. The summed E-state index contributed by atoms with van der Waals surface area (Å²) in [5.74, 6) is 1.76. The van der Waals surface area contributed by atoms with Crippen LogP contribution >= 0.6 is 11.8 Å². The van der Waals surface area contributed by atoms with Crippen molar-refractivity contribution in [1.29, 1.82) is 5.26 Å². The molecule has 1 aromatic carbocycles. The molecule has 0 amide bonds. The quantitative estimate of drug-likeness (QED) is 0.383. The van der Waals surface area contributed by atoms with E-state index in [1.807, 2.05) is 35.8 Å². The van der Waals surface area contributed by atoms with Gasteiger partial charge in [0, 0.05) is 18.5 Å². The minimum Gasteiger partial charge on any atom is -0.510 e. The van der Waals surface area contributed by atoms with Gasteiger partial charge in [-0.05, 0) is 31.9 Å². The molecule has 0 aliphatic carbocycles. The fraction of sp³-hybridized carbons (Fsp3) is 0.350. The molecule has 1 aliphatic rings. The molecule has 0 saturated heterocycles. The van der Waals surface area contributed by atoms with E-state index in [2.05, 4.69) is 26.5 Å². The van der Waals surface area contributed by atoms with Crippen LogP contribution in [0.1, 0.15) is 36.5 Å². The number of benzene rings is 1. The SMILES string of the molecule is Cc1cccc(-c2nnc(SC/C(O)=C(\C#N)c3nnc4n3CCCCC4)o2)c1. The second-order valence-electron chi connectivity index (χ2n) is 6.87. The zero-order valence-corrected chi connectivity index (χ0v) is 16.8. The van der Waals surface area contributed by atoms with E-state index in [1.165, 1.54) is 11.8 Å². The van der Waals surface area contributed by atoms with Crippen LogP contribution in [0.2, 0.25) is 0 Å². The van der Waals surface area contributed by atoms with Crippen LogP contribution < -0.4 is 0 Å². The molecular weight excluding hydrogens is 388 g/mol. The first-order valence-corrected chi connectivity index (χ1v) is 10.4. The molecule has 0 radical (unpaired) electrons. The van der Waals surface area contributed by atoms with Crippen LogP contribution in [0.15, 0.2) is 39.7 Å². The molecule has 3 aromatic rings. The summed E-state index contributed by atoms with van der Waals surface area (Å²) in [5, 5.41) is 36.9. The predicted octanol–water partition coefficient (Wildman–Crippen LogP) is 3.95. The summed E-state index contributed by atoms with van der Waals surface area (Å²) in [6.07, 6.45) is 4.03. The maximum Gasteiger partial charge on any atom is 0.277 e. The Morgan fingerprint density at radius 1 is 1.24 bits per heavy atom. The number of hydrogen-bond acceptors (Lipinski definition) is 8. The Bertz CT molecular complexity index is 1090. The van der Waals surface area contributed by atoms with Crippen molar-refractivity contribution in [2.45, 2.75) is 44.4 Å². The highest BCUT2D eigenvalue weighted by Crippen LogP contribution is 2.27. The molecule has 4 rings (SSSR count). The topological polar surface area (TPSA) is 114 Å². The average molecular weight is 408 g/mol. The van der Waals surface area contributed by atoms with Gasteiger partial charge in [0.1, 0.15) is 23.2 Å². The van der Waals surface area contributed by atoms with Crippen molar-refractivity contribution in [3.05, 3.63) is 47.2 Å². The molecule has 2 aromatic heterocycles. The number of aliphatic hydroxyl groups is 1. The zero-order valence-electron chi connectivity index (χ0n) is 16.0. The Labute approximate surface area is 172 Å². The van der Waals surface area contributed by atoms with Gasteiger partial charge in [0.25, 0.3) is 5.22 Å². The van der Waals surface area contributed by atoms with E-state index in [-0.39, 0.29) is 17.1 Å². The molecule has 0 saturated carbocycles. The highest BCUT2D eigenvalue weighted by Gasteiger charge is 2.21. The van der Waals surface area contributed by atoms with Crippen LogP contribution in [0.3, 0.4) is 0 Å². The molecule has 3 heterocycles. The van der Waals surface area contributed by atoms with Crippen molar-refractivity contribution >= 4 is 17.3 Å². The fourth-order valence-electron chi connectivity index (χ4n) is 3.28. The third-order valence-corrected chi connectivity index (χ3v) is 5.57. The number of aliphatic hydroxyl groups excluding tert-OH is 1. The number of rotatable bonds is 5. The van der Waals surface area contributed by atoms with Crippen LogP contribution in [0, 0.1) is 18.3 Å². The van der Waals surface area contributed by atoms with E-state index in [9.17, 15) is 10.4 Å². The number of nitrogens with zero attached hydrogens (tertiary/aromatic N) is 6. The Morgan fingerprint density at radius 3 is 2.97 bits per heavy atom. The Kier molecular flexibility index (Phi) is 5.62. The minimum absolute atomic E-state index is 0.0766. The molecule has 0 fully saturated rings.